The van der Waals surface area contributed by atoms with Gasteiger partial charge in [0.2, 0.25) is 5.91 Å². The zero-order chi connectivity index (χ0) is 23.2. The highest BCUT2D eigenvalue weighted by molar-refractivity contribution is 6.05. The monoisotopic (exact) mass is 442 g/mol. The SMILES string of the molecule is Cc1c([C@H](C)C(N)=O)c2c(F)c(O)c(F)cc2n1C(=O)c1ccc(OC(F)(F)F)cc1. The normalized spacial score (nSPS) is 12.7. The fraction of sp³-hybridized carbons (Fsp3) is 0.200. The molecule has 0 aliphatic carbocycles. The van der Waals surface area contributed by atoms with Crippen LogP contribution in [0.3, 0.4) is 0 Å². The molecule has 0 unspecified atom stereocenters. The fourth-order valence-electron chi connectivity index (χ4n) is 3.37. The van der Waals surface area contributed by atoms with E-state index in [-0.39, 0.29) is 27.7 Å². The van der Waals surface area contributed by atoms with Gasteiger partial charge in [0.15, 0.2) is 17.4 Å². The highest BCUT2D eigenvalue weighted by atomic mass is 19.4. The van der Waals surface area contributed by atoms with E-state index >= 15 is 0 Å². The number of amides is 1. The standard InChI is InChI=1S/C20H15F5N2O4/c1-8(18(26)29)14-9(2)27(13-7-12(21)17(28)16(22)15(13)14)19(30)10-3-5-11(6-4-10)31-20(23,24)25/h3-8,28H,1-2H3,(H2,26,29)/t8-/m0/s1. The first-order valence-electron chi connectivity index (χ1n) is 8.75. The molecule has 11 heteroatoms. The Morgan fingerprint density at radius 1 is 1.16 bits per heavy atom. The van der Waals surface area contributed by atoms with E-state index in [0.29, 0.717) is 0 Å². The first-order valence-corrected chi connectivity index (χ1v) is 8.75. The number of halogens is 5. The molecule has 0 saturated carbocycles. The molecule has 1 atom stereocenters. The number of alkyl halides is 3. The summed E-state index contributed by atoms with van der Waals surface area (Å²) in [6.07, 6.45) is -4.92. The maximum absolute atomic E-state index is 14.7. The third-order valence-electron chi connectivity index (χ3n) is 4.81. The average molecular weight is 442 g/mol. The summed E-state index contributed by atoms with van der Waals surface area (Å²) in [5, 5.41) is 9.29. The number of nitrogens with zero attached hydrogens (tertiary/aromatic N) is 1. The number of phenols is 1. The number of aromatic nitrogens is 1. The van der Waals surface area contributed by atoms with Gasteiger partial charge >= 0.3 is 6.36 Å². The minimum atomic E-state index is -4.92. The van der Waals surface area contributed by atoms with E-state index in [9.17, 15) is 36.6 Å². The minimum absolute atomic E-state index is 0.0272. The van der Waals surface area contributed by atoms with E-state index in [2.05, 4.69) is 4.74 Å². The molecule has 3 rings (SSSR count). The van der Waals surface area contributed by atoms with Gasteiger partial charge in [-0.3, -0.25) is 14.2 Å². The van der Waals surface area contributed by atoms with Crippen molar-refractivity contribution in [1.82, 2.24) is 4.57 Å². The van der Waals surface area contributed by atoms with Crippen molar-refractivity contribution < 1.29 is 41.4 Å². The quantitative estimate of drug-likeness (QED) is 0.595. The van der Waals surface area contributed by atoms with Gasteiger partial charge < -0.3 is 15.6 Å². The lowest BCUT2D eigenvalue weighted by atomic mass is 9.97. The molecule has 0 saturated heterocycles. The van der Waals surface area contributed by atoms with Crippen molar-refractivity contribution in [3.8, 4) is 11.5 Å². The van der Waals surface area contributed by atoms with E-state index in [1.54, 1.807) is 0 Å². The van der Waals surface area contributed by atoms with Crippen LogP contribution < -0.4 is 10.5 Å². The van der Waals surface area contributed by atoms with Crippen LogP contribution in [0.25, 0.3) is 10.9 Å². The Morgan fingerprint density at radius 2 is 1.74 bits per heavy atom. The van der Waals surface area contributed by atoms with Crippen molar-refractivity contribution >= 4 is 22.7 Å². The van der Waals surface area contributed by atoms with E-state index in [0.717, 1.165) is 34.9 Å². The second-order valence-electron chi connectivity index (χ2n) is 6.75. The topological polar surface area (TPSA) is 94.5 Å². The van der Waals surface area contributed by atoms with Gasteiger partial charge in [0.25, 0.3) is 5.91 Å². The van der Waals surface area contributed by atoms with Gasteiger partial charge in [-0.25, -0.2) is 8.78 Å². The minimum Gasteiger partial charge on any atom is -0.503 e. The lowest BCUT2D eigenvalue weighted by molar-refractivity contribution is -0.274. The summed E-state index contributed by atoms with van der Waals surface area (Å²) in [5.74, 6) is -7.37. The molecule has 0 spiro atoms. The summed E-state index contributed by atoms with van der Waals surface area (Å²) in [6, 6.07) is 4.61. The third-order valence-corrected chi connectivity index (χ3v) is 4.81. The van der Waals surface area contributed by atoms with Crippen LogP contribution in [0.2, 0.25) is 0 Å². The Hall–Kier alpha value is -3.63. The van der Waals surface area contributed by atoms with Gasteiger partial charge in [-0.05, 0) is 43.7 Å². The van der Waals surface area contributed by atoms with Crippen LogP contribution in [0.5, 0.6) is 11.5 Å². The smallest absolute Gasteiger partial charge is 0.503 e. The molecule has 0 radical (unpaired) electrons. The van der Waals surface area contributed by atoms with Crippen molar-refractivity contribution in [2.75, 3.05) is 0 Å². The summed E-state index contributed by atoms with van der Waals surface area (Å²) in [6.45, 7) is 2.71. The molecule has 3 aromatic rings. The zero-order valence-corrected chi connectivity index (χ0v) is 16.1. The summed E-state index contributed by atoms with van der Waals surface area (Å²) < 4.78 is 70.4. The lowest BCUT2D eigenvalue weighted by Gasteiger charge is -2.11. The van der Waals surface area contributed by atoms with Crippen molar-refractivity contribution in [2.24, 2.45) is 5.73 Å². The maximum Gasteiger partial charge on any atom is 0.573 e. The summed E-state index contributed by atoms with van der Waals surface area (Å²) in [7, 11) is 0. The number of hydrogen-bond donors (Lipinski definition) is 2. The Kier molecular flexibility index (Phi) is 5.38. The molecule has 1 heterocycles. The number of fused-ring (bicyclic) bond motifs is 1. The van der Waals surface area contributed by atoms with Crippen molar-refractivity contribution in [3.05, 3.63) is 58.8 Å². The number of ether oxygens (including phenoxy) is 1. The zero-order valence-electron chi connectivity index (χ0n) is 16.1. The third kappa shape index (κ3) is 3.90. The average Bonchev–Trinajstić information content (AvgIpc) is 2.96. The molecule has 0 aliphatic heterocycles. The van der Waals surface area contributed by atoms with Crippen LogP contribution >= 0.6 is 0 Å². The molecule has 2 aromatic carbocycles. The Balaban J connectivity index is 2.21. The molecule has 0 fully saturated rings. The first-order chi connectivity index (χ1) is 14.3. The molecule has 164 valence electrons. The van der Waals surface area contributed by atoms with E-state index in [1.807, 2.05) is 0 Å². The maximum atomic E-state index is 14.7. The molecular formula is C20H15F5N2O4. The summed E-state index contributed by atoms with van der Waals surface area (Å²) in [4.78, 5) is 24.8. The van der Waals surface area contributed by atoms with Gasteiger partial charge in [0.05, 0.1) is 11.4 Å². The Labute approximate surface area is 171 Å². The van der Waals surface area contributed by atoms with Gasteiger partial charge in [-0.1, -0.05) is 0 Å². The number of phenolic OH excluding ortho intramolecular Hbond substituents is 1. The number of benzene rings is 2. The predicted molar refractivity (Wildman–Crippen MR) is 98.7 cm³/mol. The highest BCUT2D eigenvalue weighted by Crippen LogP contribution is 2.38. The van der Waals surface area contributed by atoms with Crippen LogP contribution in [0, 0.1) is 18.6 Å². The van der Waals surface area contributed by atoms with Crippen LogP contribution in [-0.2, 0) is 4.79 Å². The van der Waals surface area contributed by atoms with E-state index < -0.39 is 47.2 Å². The second kappa shape index (κ2) is 7.56. The van der Waals surface area contributed by atoms with Crippen molar-refractivity contribution in [3.63, 3.8) is 0 Å². The molecular weight excluding hydrogens is 427 g/mol. The number of hydrogen-bond acceptors (Lipinski definition) is 4. The van der Waals surface area contributed by atoms with Crippen molar-refractivity contribution in [2.45, 2.75) is 26.1 Å². The lowest BCUT2D eigenvalue weighted by Crippen LogP contribution is -2.20. The van der Waals surface area contributed by atoms with E-state index in [1.165, 1.54) is 13.8 Å². The van der Waals surface area contributed by atoms with E-state index in [4.69, 9.17) is 5.73 Å². The number of rotatable bonds is 4. The largest absolute Gasteiger partial charge is 0.573 e. The number of aromatic hydroxyl groups is 1. The van der Waals surface area contributed by atoms with Crippen LogP contribution in [0.4, 0.5) is 22.0 Å². The number of carbonyl (C=O) groups excluding carboxylic acids is 2. The van der Waals surface area contributed by atoms with Gasteiger partial charge in [-0.2, -0.15) is 0 Å². The molecule has 3 N–H and O–H groups in total. The number of carbonyl (C=O) groups is 2. The molecule has 0 aliphatic rings. The van der Waals surface area contributed by atoms with Crippen LogP contribution in [0.1, 0.15) is 34.5 Å². The fourth-order valence-corrected chi connectivity index (χ4v) is 3.37. The second-order valence-corrected chi connectivity index (χ2v) is 6.75. The van der Waals surface area contributed by atoms with Crippen LogP contribution in [0.15, 0.2) is 30.3 Å². The highest BCUT2D eigenvalue weighted by Gasteiger charge is 2.32. The number of nitrogens with two attached hydrogens (primary N) is 1. The van der Waals surface area contributed by atoms with Gasteiger partial charge in [0, 0.05) is 22.7 Å². The Morgan fingerprint density at radius 3 is 2.26 bits per heavy atom. The summed E-state index contributed by atoms with van der Waals surface area (Å²) >= 11 is 0. The molecule has 1 aromatic heterocycles. The predicted octanol–water partition coefficient (Wildman–Crippen LogP) is 4.11. The molecule has 1 amide bonds. The van der Waals surface area contributed by atoms with Crippen LogP contribution in [-0.4, -0.2) is 27.9 Å². The number of primary amides is 1. The Bertz CT molecular complexity index is 1200. The van der Waals surface area contributed by atoms with Gasteiger partial charge in [-0.15, -0.1) is 13.2 Å². The first kappa shape index (κ1) is 22.1. The molecule has 0 bridgehead atoms. The molecule has 31 heavy (non-hydrogen) atoms. The summed E-state index contributed by atoms with van der Waals surface area (Å²) in [5.41, 5.74) is 4.92. The van der Waals surface area contributed by atoms with Crippen molar-refractivity contribution in [1.29, 1.82) is 0 Å². The van der Waals surface area contributed by atoms with Gasteiger partial charge in [0.1, 0.15) is 5.75 Å². The molecule has 6 nitrogen and oxygen atoms in total.